The van der Waals surface area contributed by atoms with E-state index < -0.39 is 0 Å². The quantitative estimate of drug-likeness (QED) is 0.684. The van der Waals surface area contributed by atoms with Crippen LogP contribution in [0.15, 0.2) is 71.8 Å². The van der Waals surface area contributed by atoms with Gasteiger partial charge in [0.05, 0.1) is 18.9 Å². The fourth-order valence-electron chi connectivity index (χ4n) is 3.04. The first kappa shape index (κ1) is 16.5. The van der Waals surface area contributed by atoms with Crippen molar-refractivity contribution < 1.29 is 4.74 Å². The van der Waals surface area contributed by atoms with Crippen LogP contribution in [0, 0.1) is 0 Å². The molecular formula is C20H17ClN4O. The van der Waals surface area contributed by atoms with Crippen molar-refractivity contribution in [3.05, 3.63) is 83.0 Å². The molecule has 0 saturated carbocycles. The van der Waals surface area contributed by atoms with Crippen molar-refractivity contribution >= 4 is 23.1 Å². The summed E-state index contributed by atoms with van der Waals surface area (Å²) in [5.41, 5.74) is 3.26. The van der Waals surface area contributed by atoms with Crippen LogP contribution in [0.5, 0.6) is 5.75 Å². The second-order valence-electron chi connectivity index (χ2n) is 5.96. The molecule has 0 N–H and O–H groups in total. The molecule has 1 unspecified atom stereocenters. The van der Waals surface area contributed by atoms with Crippen LogP contribution in [0.4, 0.5) is 5.82 Å². The third-order valence-electron chi connectivity index (χ3n) is 4.37. The predicted molar refractivity (Wildman–Crippen MR) is 103 cm³/mol. The molecular weight excluding hydrogens is 348 g/mol. The number of ether oxygens (including phenoxy) is 1. The molecule has 0 spiro atoms. The monoisotopic (exact) mass is 364 g/mol. The highest BCUT2D eigenvalue weighted by molar-refractivity contribution is 6.29. The minimum absolute atomic E-state index is 0.0339. The van der Waals surface area contributed by atoms with Crippen LogP contribution >= 0.6 is 11.6 Å². The summed E-state index contributed by atoms with van der Waals surface area (Å²) < 4.78 is 5.27. The predicted octanol–water partition coefficient (Wildman–Crippen LogP) is 4.49. The van der Waals surface area contributed by atoms with Crippen LogP contribution in [0.1, 0.15) is 23.6 Å². The highest BCUT2D eigenvalue weighted by Crippen LogP contribution is 2.36. The van der Waals surface area contributed by atoms with Gasteiger partial charge in [0.25, 0.3) is 0 Å². The summed E-state index contributed by atoms with van der Waals surface area (Å²) in [7, 11) is 1.66. The van der Waals surface area contributed by atoms with Crippen molar-refractivity contribution in [2.45, 2.75) is 12.5 Å². The maximum absolute atomic E-state index is 5.89. The number of anilines is 1. The third-order valence-corrected chi connectivity index (χ3v) is 4.57. The Labute approximate surface area is 156 Å². The van der Waals surface area contributed by atoms with Gasteiger partial charge in [-0.1, -0.05) is 54.1 Å². The first-order chi connectivity index (χ1) is 12.7. The summed E-state index contributed by atoms with van der Waals surface area (Å²) in [6.07, 6.45) is 0.778. The van der Waals surface area contributed by atoms with Crippen molar-refractivity contribution in [2.75, 3.05) is 12.1 Å². The number of aromatic nitrogens is 2. The molecule has 0 amide bonds. The molecule has 4 rings (SSSR count). The number of hydrogen-bond acceptors (Lipinski definition) is 5. The summed E-state index contributed by atoms with van der Waals surface area (Å²) in [6, 6.07) is 21.8. The van der Waals surface area contributed by atoms with E-state index >= 15 is 0 Å². The molecule has 26 heavy (non-hydrogen) atoms. The molecule has 0 saturated heterocycles. The lowest BCUT2D eigenvalue weighted by atomic mass is 9.98. The number of benzene rings is 2. The Hall–Kier alpha value is -2.92. The molecule has 1 aliphatic rings. The zero-order chi connectivity index (χ0) is 17.9. The van der Waals surface area contributed by atoms with Crippen molar-refractivity contribution in [1.82, 2.24) is 10.2 Å². The van der Waals surface area contributed by atoms with Crippen molar-refractivity contribution in [1.29, 1.82) is 0 Å². The number of halogens is 1. The summed E-state index contributed by atoms with van der Waals surface area (Å²) in [4.78, 5) is 0. The minimum Gasteiger partial charge on any atom is -0.497 e. The van der Waals surface area contributed by atoms with Crippen LogP contribution in [-0.2, 0) is 0 Å². The molecule has 130 valence electrons. The van der Waals surface area contributed by atoms with Gasteiger partial charge in [0, 0.05) is 6.42 Å². The van der Waals surface area contributed by atoms with Gasteiger partial charge in [0.1, 0.15) is 5.75 Å². The van der Waals surface area contributed by atoms with E-state index in [4.69, 9.17) is 21.4 Å². The number of methoxy groups -OCH3 is 1. The van der Waals surface area contributed by atoms with Gasteiger partial charge < -0.3 is 4.74 Å². The molecule has 0 aliphatic carbocycles. The van der Waals surface area contributed by atoms with Crippen LogP contribution < -0.4 is 9.75 Å². The standard InChI is InChI=1S/C20H17ClN4O/c1-26-16-9-7-15(8-10-16)18-13-17(14-5-3-2-4-6-14)24-25(18)20-12-11-19(21)22-23-20/h2-12,18H,13H2,1H3. The Kier molecular flexibility index (Phi) is 4.54. The van der Waals surface area contributed by atoms with Gasteiger partial charge in [0.2, 0.25) is 0 Å². The Bertz CT molecular complexity index is 911. The van der Waals surface area contributed by atoms with Crippen molar-refractivity contribution in [3.63, 3.8) is 0 Å². The van der Waals surface area contributed by atoms with E-state index in [-0.39, 0.29) is 6.04 Å². The lowest BCUT2D eigenvalue weighted by Gasteiger charge is -2.22. The highest BCUT2D eigenvalue weighted by Gasteiger charge is 2.30. The van der Waals surface area contributed by atoms with Gasteiger partial charge in [-0.25, -0.2) is 5.01 Å². The summed E-state index contributed by atoms with van der Waals surface area (Å²) >= 11 is 5.89. The highest BCUT2D eigenvalue weighted by atomic mass is 35.5. The number of rotatable bonds is 4. The molecule has 0 fully saturated rings. The van der Waals surface area contributed by atoms with Gasteiger partial charge in [-0.15, -0.1) is 10.2 Å². The average molecular weight is 365 g/mol. The minimum atomic E-state index is 0.0339. The Morgan fingerprint density at radius 3 is 2.38 bits per heavy atom. The largest absolute Gasteiger partial charge is 0.497 e. The molecule has 1 aromatic heterocycles. The van der Waals surface area contributed by atoms with Crippen LogP contribution in [0.2, 0.25) is 5.15 Å². The maximum atomic E-state index is 5.89. The van der Waals surface area contributed by atoms with E-state index in [1.54, 1.807) is 13.2 Å². The van der Waals surface area contributed by atoms with Gasteiger partial charge in [-0.05, 0) is 35.4 Å². The van der Waals surface area contributed by atoms with Crippen LogP contribution in [0.25, 0.3) is 0 Å². The third kappa shape index (κ3) is 3.26. The van der Waals surface area contributed by atoms with Crippen molar-refractivity contribution in [2.24, 2.45) is 5.10 Å². The van der Waals surface area contributed by atoms with Gasteiger partial charge in [0.15, 0.2) is 11.0 Å². The summed E-state index contributed by atoms with van der Waals surface area (Å²) in [5, 5.41) is 15.3. The lowest BCUT2D eigenvalue weighted by Crippen LogP contribution is -2.19. The average Bonchev–Trinajstić information content (AvgIpc) is 3.15. The lowest BCUT2D eigenvalue weighted by molar-refractivity contribution is 0.414. The number of hydrogen-bond donors (Lipinski definition) is 0. The fourth-order valence-corrected chi connectivity index (χ4v) is 3.14. The van der Waals surface area contributed by atoms with E-state index in [1.807, 2.05) is 41.4 Å². The molecule has 5 nitrogen and oxygen atoms in total. The SMILES string of the molecule is COc1ccc(C2CC(c3ccccc3)=NN2c2ccc(Cl)nn2)cc1. The maximum Gasteiger partial charge on any atom is 0.172 e. The molecule has 0 radical (unpaired) electrons. The van der Waals surface area contributed by atoms with Crippen LogP contribution in [0.3, 0.4) is 0 Å². The molecule has 1 aliphatic heterocycles. The Balaban J connectivity index is 1.72. The van der Waals surface area contributed by atoms with Gasteiger partial charge >= 0.3 is 0 Å². The number of hydrazone groups is 1. The zero-order valence-electron chi connectivity index (χ0n) is 14.2. The zero-order valence-corrected chi connectivity index (χ0v) is 15.0. The number of nitrogens with zero attached hydrogens (tertiary/aromatic N) is 4. The molecule has 1 atom stereocenters. The van der Waals surface area contributed by atoms with Crippen molar-refractivity contribution in [3.8, 4) is 5.75 Å². The topological polar surface area (TPSA) is 50.6 Å². The summed E-state index contributed by atoms with van der Waals surface area (Å²) in [5.74, 6) is 1.50. The van der Waals surface area contributed by atoms with Crippen LogP contribution in [-0.4, -0.2) is 23.0 Å². The second-order valence-corrected chi connectivity index (χ2v) is 6.35. The molecule has 2 aromatic carbocycles. The van der Waals surface area contributed by atoms with E-state index in [0.717, 1.165) is 29.0 Å². The van der Waals surface area contributed by atoms with E-state index in [9.17, 15) is 0 Å². The second kappa shape index (κ2) is 7.14. The molecule has 6 heteroatoms. The fraction of sp³-hybridized carbons (Fsp3) is 0.150. The smallest absolute Gasteiger partial charge is 0.172 e. The first-order valence-corrected chi connectivity index (χ1v) is 8.68. The molecule has 0 bridgehead atoms. The Morgan fingerprint density at radius 2 is 1.73 bits per heavy atom. The van der Waals surface area contributed by atoms with E-state index in [1.165, 1.54) is 0 Å². The van der Waals surface area contributed by atoms with Gasteiger partial charge in [-0.2, -0.15) is 5.10 Å². The first-order valence-electron chi connectivity index (χ1n) is 8.30. The van der Waals surface area contributed by atoms with Gasteiger partial charge in [-0.3, -0.25) is 0 Å². The Morgan fingerprint density at radius 1 is 0.962 bits per heavy atom. The van der Waals surface area contributed by atoms with E-state index in [0.29, 0.717) is 11.0 Å². The molecule has 2 heterocycles. The molecule has 3 aromatic rings. The summed E-state index contributed by atoms with van der Waals surface area (Å²) in [6.45, 7) is 0. The van der Waals surface area contributed by atoms with E-state index in [2.05, 4.69) is 34.5 Å². The normalized spacial score (nSPS) is 16.5.